The second kappa shape index (κ2) is 8.52. The normalized spacial score (nSPS) is 20.9. The molecular formula is C18H32N4O3S. The second-order valence-corrected chi connectivity index (χ2v) is 9.47. The SMILES string of the molecule is CCC[C@@H]1CN(C(=O)c2cc(CC(C)C)nn2CC)C[C@H]1NS(C)(=O)=O. The van der Waals surface area contributed by atoms with Crippen molar-refractivity contribution in [2.45, 2.75) is 59.5 Å². The van der Waals surface area contributed by atoms with E-state index < -0.39 is 10.0 Å². The molecule has 0 saturated carbocycles. The van der Waals surface area contributed by atoms with Crippen LogP contribution in [-0.2, 0) is 23.0 Å². The molecule has 148 valence electrons. The second-order valence-electron chi connectivity index (χ2n) is 7.69. The molecule has 7 nitrogen and oxygen atoms in total. The van der Waals surface area contributed by atoms with E-state index in [0.29, 0.717) is 31.2 Å². The van der Waals surface area contributed by atoms with Gasteiger partial charge in [-0.05, 0) is 37.7 Å². The van der Waals surface area contributed by atoms with Crippen LogP contribution in [0, 0.1) is 11.8 Å². The Hall–Kier alpha value is -1.41. The number of nitrogens with one attached hydrogen (secondary N) is 1. The molecule has 2 rings (SSSR count). The van der Waals surface area contributed by atoms with E-state index in [1.54, 1.807) is 9.58 Å². The molecule has 1 aliphatic heterocycles. The van der Waals surface area contributed by atoms with Gasteiger partial charge >= 0.3 is 0 Å². The van der Waals surface area contributed by atoms with Crippen molar-refractivity contribution in [1.82, 2.24) is 19.4 Å². The average molecular weight is 385 g/mol. The summed E-state index contributed by atoms with van der Waals surface area (Å²) in [6.07, 6.45) is 3.86. The standard InChI is InChI=1S/C18H32N4O3S/c1-6-8-14-11-21(12-16(14)20-26(5,24)25)18(23)17-10-15(9-13(3)4)19-22(17)7-2/h10,13-14,16,20H,6-9,11-12H2,1-5H3/t14-,16-/m1/s1. The van der Waals surface area contributed by atoms with E-state index in [-0.39, 0.29) is 17.9 Å². The minimum Gasteiger partial charge on any atom is -0.335 e. The van der Waals surface area contributed by atoms with Crippen LogP contribution in [0.2, 0.25) is 0 Å². The molecule has 1 fully saturated rings. The Morgan fingerprint density at radius 3 is 2.58 bits per heavy atom. The maximum atomic E-state index is 13.1. The smallest absolute Gasteiger partial charge is 0.272 e. The summed E-state index contributed by atoms with van der Waals surface area (Å²) in [5.41, 5.74) is 1.53. The summed E-state index contributed by atoms with van der Waals surface area (Å²) < 4.78 is 27.8. The van der Waals surface area contributed by atoms with Crippen LogP contribution in [0.4, 0.5) is 0 Å². The van der Waals surface area contributed by atoms with Gasteiger partial charge in [0.1, 0.15) is 5.69 Å². The van der Waals surface area contributed by atoms with Crippen molar-refractivity contribution in [3.05, 3.63) is 17.5 Å². The van der Waals surface area contributed by atoms with Crippen LogP contribution >= 0.6 is 0 Å². The third kappa shape index (κ3) is 5.30. The number of sulfonamides is 1. The predicted octanol–water partition coefficient (Wildman–Crippen LogP) is 1.89. The molecule has 0 unspecified atom stereocenters. The summed E-state index contributed by atoms with van der Waals surface area (Å²) in [5.74, 6) is 0.558. The van der Waals surface area contributed by atoms with E-state index in [1.807, 2.05) is 13.0 Å². The molecule has 1 aromatic heterocycles. The first-order valence-corrected chi connectivity index (χ1v) is 11.4. The van der Waals surface area contributed by atoms with Gasteiger partial charge in [-0.25, -0.2) is 13.1 Å². The van der Waals surface area contributed by atoms with Gasteiger partial charge in [-0.15, -0.1) is 0 Å². The third-order valence-electron chi connectivity index (χ3n) is 4.72. The van der Waals surface area contributed by atoms with Crippen LogP contribution in [0.5, 0.6) is 0 Å². The molecule has 1 N–H and O–H groups in total. The molecule has 0 radical (unpaired) electrons. The molecular weight excluding hydrogens is 352 g/mol. The Balaban J connectivity index is 2.20. The molecule has 0 aromatic carbocycles. The van der Waals surface area contributed by atoms with Gasteiger partial charge < -0.3 is 4.90 Å². The van der Waals surface area contributed by atoms with Gasteiger partial charge in [-0.3, -0.25) is 9.48 Å². The van der Waals surface area contributed by atoms with Gasteiger partial charge in [0, 0.05) is 25.7 Å². The van der Waals surface area contributed by atoms with Gasteiger partial charge in [-0.2, -0.15) is 5.10 Å². The highest BCUT2D eigenvalue weighted by molar-refractivity contribution is 7.88. The molecule has 1 aliphatic rings. The predicted molar refractivity (Wildman–Crippen MR) is 103 cm³/mol. The van der Waals surface area contributed by atoms with E-state index in [9.17, 15) is 13.2 Å². The molecule has 1 amide bonds. The zero-order valence-corrected chi connectivity index (χ0v) is 17.3. The van der Waals surface area contributed by atoms with Gasteiger partial charge in [0.05, 0.1) is 11.9 Å². The zero-order valence-electron chi connectivity index (χ0n) is 16.5. The quantitative estimate of drug-likeness (QED) is 0.742. The monoisotopic (exact) mass is 384 g/mol. The molecule has 8 heteroatoms. The van der Waals surface area contributed by atoms with Crippen molar-refractivity contribution < 1.29 is 13.2 Å². The highest BCUT2D eigenvalue weighted by Crippen LogP contribution is 2.24. The first kappa shape index (κ1) is 20.9. The van der Waals surface area contributed by atoms with Crippen molar-refractivity contribution in [3.8, 4) is 0 Å². The van der Waals surface area contributed by atoms with Crippen LogP contribution in [0.1, 0.15) is 56.7 Å². The summed E-state index contributed by atoms with van der Waals surface area (Å²) in [7, 11) is -3.30. The highest BCUT2D eigenvalue weighted by Gasteiger charge is 2.37. The fraction of sp³-hybridized carbons (Fsp3) is 0.778. The maximum absolute atomic E-state index is 13.1. The third-order valence-corrected chi connectivity index (χ3v) is 5.45. The molecule has 0 bridgehead atoms. The van der Waals surface area contributed by atoms with Gasteiger partial charge in [-0.1, -0.05) is 27.2 Å². The van der Waals surface area contributed by atoms with Crippen molar-refractivity contribution >= 4 is 15.9 Å². The lowest BCUT2D eigenvalue weighted by Crippen LogP contribution is -2.40. The number of carbonyl (C=O) groups excluding carboxylic acids is 1. The number of nitrogens with zero attached hydrogens (tertiary/aromatic N) is 3. The van der Waals surface area contributed by atoms with E-state index >= 15 is 0 Å². The maximum Gasteiger partial charge on any atom is 0.272 e. The number of aryl methyl sites for hydroxylation is 1. The van der Waals surface area contributed by atoms with E-state index in [1.165, 1.54) is 6.26 Å². The first-order chi connectivity index (χ1) is 12.1. The summed E-state index contributed by atoms with van der Waals surface area (Å²) in [6.45, 7) is 9.93. The van der Waals surface area contributed by atoms with Crippen LogP contribution in [0.25, 0.3) is 0 Å². The molecule has 1 aromatic rings. The highest BCUT2D eigenvalue weighted by atomic mass is 32.2. The average Bonchev–Trinajstić information content (AvgIpc) is 3.09. The van der Waals surface area contributed by atoms with E-state index in [0.717, 1.165) is 25.0 Å². The Kier molecular flexibility index (Phi) is 6.85. The minimum atomic E-state index is -3.30. The van der Waals surface area contributed by atoms with Gasteiger partial charge in [0.25, 0.3) is 5.91 Å². The number of rotatable bonds is 8. The lowest BCUT2D eigenvalue weighted by Gasteiger charge is -2.17. The summed E-state index contributed by atoms with van der Waals surface area (Å²) in [5, 5.41) is 4.55. The summed E-state index contributed by atoms with van der Waals surface area (Å²) >= 11 is 0. The molecule has 0 aliphatic carbocycles. The number of carbonyl (C=O) groups is 1. The van der Waals surface area contributed by atoms with Gasteiger partial charge in [0.15, 0.2) is 0 Å². The molecule has 0 spiro atoms. The summed E-state index contributed by atoms with van der Waals surface area (Å²) in [4.78, 5) is 14.8. The lowest BCUT2D eigenvalue weighted by atomic mass is 9.99. The fourth-order valence-corrected chi connectivity index (χ4v) is 4.49. The van der Waals surface area contributed by atoms with Crippen molar-refractivity contribution in [2.24, 2.45) is 11.8 Å². The topological polar surface area (TPSA) is 84.3 Å². The number of hydrogen-bond donors (Lipinski definition) is 1. The van der Waals surface area contributed by atoms with E-state index in [4.69, 9.17) is 0 Å². The number of hydrogen-bond acceptors (Lipinski definition) is 4. The van der Waals surface area contributed by atoms with Crippen LogP contribution in [-0.4, -0.2) is 54.4 Å². The summed E-state index contributed by atoms with van der Waals surface area (Å²) in [6, 6.07) is 1.67. The van der Waals surface area contributed by atoms with Crippen LogP contribution in [0.3, 0.4) is 0 Å². The largest absolute Gasteiger partial charge is 0.335 e. The van der Waals surface area contributed by atoms with E-state index in [2.05, 4.69) is 30.6 Å². The number of likely N-dealkylation sites (tertiary alicyclic amines) is 1. The Labute approximate surface area is 157 Å². The van der Waals surface area contributed by atoms with Crippen LogP contribution < -0.4 is 4.72 Å². The minimum absolute atomic E-state index is 0.0618. The van der Waals surface area contributed by atoms with Crippen molar-refractivity contribution in [1.29, 1.82) is 0 Å². The number of aromatic nitrogens is 2. The molecule has 1 saturated heterocycles. The number of amides is 1. The lowest BCUT2D eigenvalue weighted by molar-refractivity contribution is 0.0772. The first-order valence-electron chi connectivity index (χ1n) is 9.47. The van der Waals surface area contributed by atoms with Crippen molar-refractivity contribution in [2.75, 3.05) is 19.3 Å². The molecule has 26 heavy (non-hydrogen) atoms. The Morgan fingerprint density at radius 2 is 2.04 bits per heavy atom. The Bertz CT molecular complexity index is 727. The molecule has 2 heterocycles. The molecule has 2 atom stereocenters. The fourth-order valence-electron chi connectivity index (χ4n) is 3.67. The van der Waals surface area contributed by atoms with Crippen molar-refractivity contribution in [3.63, 3.8) is 0 Å². The van der Waals surface area contributed by atoms with Gasteiger partial charge in [0.2, 0.25) is 10.0 Å². The van der Waals surface area contributed by atoms with Crippen LogP contribution in [0.15, 0.2) is 6.07 Å². The zero-order chi connectivity index (χ0) is 19.5. The Morgan fingerprint density at radius 1 is 1.35 bits per heavy atom.